The molecule has 1 atom stereocenters. The van der Waals surface area contributed by atoms with Crippen LogP contribution in [0.5, 0.6) is 5.75 Å². The number of carbonyl (C=O) groups is 2. The molecule has 1 aliphatic rings. The Labute approximate surface area is 164 Å². The molecule has 0 fully saturated rings. The Morgan fingerprint density at radius 2 is 1.96 bits per heavy atom. The average molecular weight is 386 g/mol. The Kier molecular flexibility index (Phi) is 6.51. The average Bonchev–Trinajstić information content (AvgIpc) is 2.68. The van der Waals surface area contributed by atoms with E-state index < -0.39 is 5.92 Å². The molecule has 1 unspecified atom stereocenters. The van der Waals surface area contributed by atoms with Gasteiger partial charge in [-0.05, 0) is 66.5 Å². The second kappa shape index (κ2) is 9.05. The van der Waals surface area contributed by atoms with Crippen LogP contribution in [0.25, 0.3) is 0 Å². The molecule has 2 aromatic rings. The molecule has 1 amide bonds. The lowest BCUT2D eigenvalue weighted by Gasteiger charge is -2.18. The fourth-order valence-electron chi connectivity index (χ4n) is 3.54. The van der Waals surface area contributed by atoms with Crippen molar-refractivity contribution < 1.29 is 14.3 Å². The summed E-state index contributed by atoms with van der Waals surface area (Å²) in [7, 11) is 1.57. The Bertz CT molecular complexity index is 834. The van der Waals surface area contributed by atoms with Crippen LogP contribution in [0.4, 0.5) is 0 Å². The topological polar surface area (TPSA) is 55.4 Å². The van der Waals surface area contributed by atoms with Crippen LogP contribution < -0.4 is 10.1 Å². The lowest BCUT2D eigenvalue weighted by atomic mass is 9.87. The zero-order valence-corrected chi connectivity index (χ0v) is 16.2. The first-order valence-corrected chi connectivity index (χ1v) is 9.67. The van der Waals surface area contributed by atoms with Gasteiger partial charge in [0.25, 0.3) is 0 Å². The molecule has 0 aliphatic heterocycles. The van der Waals surface area contributed by atoms with Crippen molar-refractivity contribution in [2.24, 2.45) is 0 Å². The Hall–Kier alpha value is -2.33. The van der Waals surface area contributed by atoms with Crippen LogP contribution in [0.3, 0.4) is 0 Å². The van der Waals surface area contributed by atoms with E-state index in [0.29, 0.717) is 23.7 Å². The SMILES string of the molecule is COc1ccc(CCNC(=O)C(C=O)c2ccc3c(c2)CCCC3)cc1Cl. The van der Waals surface area contributed by atoms with Gasteiger partial charge in [-0.2, -0.15) is 0 Å². The smallest absolute Gasteiger partial charge is 0.234 e. The summed E-state index contributed by atoms with van der Waals surface area (Å²) in [5.74, 6) is -0.407. The Balaban J connectivity index is 1.60. The van der Waals surface area contributed by atoms with Gasteiger partial charge in [-0.3, -0.25) is 4.79 Å². The molecule has 142 valence electrons. The largest absolute Gasteiger partial charge is 0.495 e. The normalized spacial score (nSPS) is 14.1. The second-order valence-electron chi connectivity index (χ2n) is 6.86. The molecule has 5 heteroatoms. The number of aldehydes is 1. The summed E-state index contributed by atoms with van der Waals surface area (Å²) in [4.78, 5) is 24.1. The number of fused-ring (bicyclic) bond motifs is 1. The van der Waals surface area contributed by atoms with E-state index in [4.69, 9.17) is 16.3 Å². The highest BCUT2D eigenvalue weighted by Crippen LogP contribution is 2.26. The summed E-state index contributed by atoms with van der Waals surface area (Å²) in [6.45, 7) is 0.441. The van der Waals surface area contributed by atoms with E-state index in [1.807, 2.05) is 24.3 Å². The molecule has 0 saturated carbocycles. The van der Waals surface area contributed by atoms with Crippen LogP contribution >= 0.6 is 11.6 Å². The van der Waals surface area contributed by atoms with E-state index >= 15 is 0 Å². The lowest BCUT2D eigenvalue weighted by Crippen LogP contribution is -2.32. The first-order chi connectivity index (χ1) is 13.1. The van der Waals surface area contributed by atoms with Gasteiger partial charge in [-0.25, -0.2) is 0 Å². The molecule has 0 bridgehead atoms. The van der Waals surface area contributed by atoms with E-state index in [9.17, 15) is 9.59 Å². The standard InChI is InChI=1S/C22H24ClNO3/c1-27-21-9-6-15(12-20(21)23)10-11-24-22(26)19(14-25)18-8-7-16-4-2-3-5-17(16)13-18/h6-9,12-14,19H,2-5,10-11H2,1H3,(H,24,26). The summed E-state index contributed by atoms with van der Waals surface area (Å²) in [6.07, 6.45) is 5.83. The minimum atomic E-state index is -0.767. The number of halogens is 1. The monoisotopic (exact) mass is 385 g/mol. The Morgan fingerprint density at radius 1 is 1.19 bits per heavy atom. The van der Waals surface area contributed by atoms with Gasteiger partial charge in [0.15, 0.2) is 0 Å². The molecular weight excluding hydrogens is 362 g/mol. The first-order valence-electron chi connectivity index (χ1n) is 9.29. The van der Waals surface area contributed by atoms with Gasteiger partial charge in [0, 0.05) is 6.54 Å². The van der Waals surface area contributed by atoms with Gasteiger partial charge in [0.05, 0.1) is 12.1 Å². The van der Waals surface area contributed by atoms with Crippen molar-refractivity contribution in [1.82, 2.24) is 5.32 Å². The molecule has 0 spiro atoms. The first kappa shape index (κ1) is 19.4. The molecular formula is C22H24ClNO3. The number of amides is 1. The zero-order chi connectivity index (χ0) is 19.2. The van der Waals surface area contributed by atoms with Gasteiger partial charge in [-0.15, -0.1) is 0 Å². The molecule has 2 aromatic carbocycles. The predicted octanol–water partition coefficient (Wildman–Crippen LogP) is 3.87. The molecule has 4 nitrogen and oxygen atoms in total. The van der Waals surface area contributed by atoms with Crippen LogP contribution in [0.2, 0.25) is 5.02 Å². The molecule has 0 saturated heterocycles. The van der Waals surface area contributed by atoms with E-state index in [1.54, 1.807) is 13.2 Å². The van der Waals surface area contributed by atoms with E-state index in [2.05, 4.69) is 11.4 Å². The third-order valence-corrected chi connectivity index (χ3v) is 5.37. The molecule has 0 heterocycles. The van der Waals surface area contributed by atoms with Crippen molar-refractivity contribution >= 4 is 23.8 Å². The summed E-state index contributed by atoms with van der Waals surface area (Å²) >= 11 is 6.12. The van der Waals surface area contributed by atoms with Crippen molar-refractivity contribution in [3.05, 3.63) is 63.7 Å². The molecule has 3 rings (SSSR count). The molecule has 27 heavy (non-hydrogen) atoms. The minimum Gasteiger partial charge on any atom is -0.495 e. The highest BCUT2D eigenvalue weighted by molar-refractivity contribution is 6.32. The molecule has 1 N–H and O–H groups in total. The van der Waals surface area contributed by atoms with Crippen molar-refractivity contribution in [3.63, 3.8) is 0 Å². The maximum atomic E-state index is 12.5. The number of benzene rings is 2. The van der Waals surface area contributed by atoms with Crippen molar-refractivity contribution in [3.8, 4) is 5.75 Å². The summed E-state index contributed by atoms with van der Waals surface area (Å²) < 4.78 is 5.14. The summed E-state index contributed by atoms with van der Waals surface area (Å²) in [6, 6.07) is 11.5. The summed E-state index contributed by atoms with van der Waals surface area (Å²) in [5.41, 5.74) is 4.38. The number of hydrogen-bond donors (Lipinski definition) is 1. The number of ether oxygens (including phenoxy) is 1. The maximum Gasteiger partial charge on any atom is 0.234 e. The van der Waals surface area contributed by atoms with Gasteiger partial charge in [-0.1, -0.05) is 35.9 Å². The quantitative estimate of drug-likeness (QED) is 0.581. The lowest BCUT2D eigenvalue weighted by molar-refractivity contribution is -0.125. The number of methoxy groups -OCH3 is 1. The number of carbonyl (C=O) groups excluding carboxylic acids is 2. The van der Waals surface area contributed by atoms with Crippen LogP contribution in [0.1, 0.15) is 41.0 Å². The summed E-state index contributed by atoms with van der Waals surface area (Å²) in [5, 5.41) is 3.41. The van der Waals surface area contributed by atoms with Crippen molar-refractivity contribution in [2.75, 3.05) is 13.7 Å². The van der Waals surface area contributed by atoms with Gasteiger partial charge in [0.2, 0.25) is 5.91 Å². The number of hydrogen-bond acceptors (Lipinski definition) is 3. The fraction of sp³-hybridized carbons (Fsp3) is 0.364. The van der Waals surface area contributed by atoms with Crippen molar-refractivity contribution in [1.29, 1.82) is 0 Å². The predicted molar refractivity (Wildman–Crippen MR) is 107 cm³/mol. The third-order valence-electron chi connectivity index (χ3n) is 5.08. The number of aryl methyl sites for hydroxylation is 2. The highest BCUT2D eigenvalue weighted by atomic mass is 35.5. The Morgan fingerprint density at radius 3 is 2.67 bits per heavy atom. The number of nitrogens with one attached hydrogen (secondary N) is 1. The molecule has 1 aliphatic carbocycles. The van der Waals surface area contributed by atoms with Gasteiger partial charge in [0.1, 0.15) is 18.0 Å². The fourth-order valence-corrected chi connectivity index (χ4v) is 3.82. The third kappa shape index (κ3) is 4.69. The second-order valence-corrected chi connectivity index (χ2v) is 7.27. The van der Waals surface area contributed by atoms with E-state index in [-0.39, 0.29) is 5.91 Å². The van der Waals surface area contributed by atoms with E-state index in [1.165, 1.54) is 24.0 Å². The number of rotatable bonds is 7. The van der Waals surface area contributed by atoms with Crippen LogP contribution in [0, 0.1) is 0 Å². The van der Waals surface area contributed by atoms with Crippen LogP contribution in [0.15, 0.2) is 36.4 Å². The molecule has 0 radical (unpaired) electrons. The van der Waals surface area contributed by atoms with Gasteiger partial charge >= 0.3 is 0 Å². The van der Waals surface area contributed by atoms with Gasteiger partial charge < -0.3 is 14.8 Å². The maximum absolute atomic E-state index is 12.5. The van der Waals surface area contributed by atoms with Crippen molar-refractivity contribution in [2.45, 2.75) is 38.0 Å². The minimum absolute atomic E-state index is 0.264. The molecule has 0 aromatic heterocycles. The van der Waals surface area contributed by atoms with Crippen LogP contribution in [-0.4, -0.2) is 25.8 Å². The van der Waals surface area contributed by atoms with E-state index in [0.717, 1.165) is 30.3 Å². The van der Waals surface area contributed by atoms with Crippen LogP contribution in [-0.2, 0) is 28.9 Å². The highest BCUT2D eigenvalue weighted by Gasteiger charge is 2.21. The zero-order valence-electron chi connectivity index (χ0n) is 15.5.